The second kappa shape index (κ2) is 7.80. The lowest BCUT2D eigenvalue weighted by molar-refractivity contribution is -0.115. The topological polar surface area (TPSA) is 55.4 Å². The van der Waals surface area contributed by atoms with Crippen molar-refractivity contribution in [2.75, 3.05) is 6.61 Å². The quantitative estimate of drug-likeness (QED) is 0.610. The summed E-state index contributed by atoms with van der Waals surface area (Å²) in [6, 6.07) is 13.6. The molecule has 1 heterocycles. The second-order valence-electron chi connectivity index (χ2n) is 5.65. The van der Waals surface area contributed by atoms with Crippen LogP contribution in [0.15, 0.2) is 52.3 Å². The van der Waals surface area contributed by atoms with Gasteiger partial charge in [-0.3, -0.25) is 14.9 Å². The summed E-state index contributed by atoms with van der Waals surface area (Å²) in [6.45, 7) is 2.60. The molecule has 0 unspecified atom stereocenters. The molecular formula is C19H17NO3S2. The van der Waals surface area contributed by atoms with Gasteiger partial charge in [-0.2, -0.15) is 0 Å². The molecule has 0 saturated carbocycles. The Morgan fingerprint density at radius 3 is 2.56 bits per heavy atom. The largest absolute Gasteiger partial charge is 0.493 e. The molecule has 0 radical (unpaired) electrons. The van der Waals surface area contributed by atoms with Gasteiger partial charge < -0.3 is 4.74 Å². The van der Waals surface area contributed by atoms with Gasteiger partial charge in [0, 0.05) is 11.3 Å². The summed E-state index contributed by atoms with van der Waals surface area (Å²) in [6.07, 6.45) is 2.47. The van der Waals surface area contributed by atoms with Crippen molar-refractivity contribution in [1.29, 1.82) is 0 Å². The van der Waals surface area contributed by atoms with Crippen LogP contribution in [0.2, 0.25) is 0 Å². The number of carbonyl (C=O) groups excluding carboxylic acids is 2. The molecule has 2 amide bonds. The van der Waals surface area contributed by atoms with Gasteiger partial charge in [-0.25, -0.2) is 0 Å². The Morgan fingerprint density at radius 2 is 1.92 bits per heavy atom. The molecule has 1 fully saturated rings. The number of aryl methyl sites for hydroxylation is 1. The number of benzene rings is 2. The average Bonchev–Trinajstić information content (AvgIpc) is 2.88. The Bertz CT molecular complexity index is 844. The molecule has 0 spiro atoms. The van der Waals surface area contributed by atoms with E-state index in [9.17, 15) is 9.59 Å². The summed E-state index contributed by atoms with van der Waals surface area (Å²) in [5.41, 5.74) is 3.19. The molecule has 1 aliphatic heterocycles. The van der Waals surface area contributed by atoms with E-state index in [0.29, 0.717) is 11.5 Å². The van der Waals surface area contributed by atoms with Gasteiger partial charge in [0.05, 0.1) is 11.5 Å². The van der Waals surface area contributed by atoms with E-state index in [1.54, 1.807) is 6.08 Å². The monoisotopic (exact) mass is 371 g/mol. The van der Waals surface area contributed by atoms with Crippen molar-refractivity contribution >= 4 is 41.6 Å². The number of ether oxygens (including phenoxy) is 1. The maximum Gasteiger partial charge on any atom is 0.290 e. The first kappa shape index (κ1) is 17.6. The Kier molecular flexibility index (Phi) is 5.50. The Hall–Kier alpha value is -2.18. The lowest BCUT2D eigenvalue weighted by atomic mass is 10.1. The van der Waals surface area contributed by atoms with Crippen molar-refractivity contribution in [3.8, 4) is 5.75 Å². The van der Waals surface area contributed by atoms with Crippen molar-refractivity contribution in [3.05, 3.63) is 64.1 Å². The number of thiol groups is 1. The molecule has 0 atom stereocenters. The molecule has 1 saturated heterocycles. The van der Waals surface area contributed by atoms with Gasteiger partial charge in [0.1, 0.15) is 5.75 Å². The fourth-order valence-corrected chi connectivity index (χ4v) is 3.47. The first-order valence-electron chi connectivity index (χ1n) is 7.77. The zero-order valence-corrected chi connectivity index (χ0v) is 15.3. The number of nitrogens with one attached hydrogen (secondary N) is 1. The molecule has 3 rings (SSSR count). The first-order valence-corrected chi connectivity index (χ1v) is 9.04. The van der Waals surface area contributed by atoms with Crippen LogP contribution in [0.4, 0.5) is 4.79 Å². The summed E-state index contributed by atoms with van der Waals surface area (Å²) in [7, 11) is 0. The third-order valence-electron chi connectivity index (χ3n) is 3.70. The summed E-state index contributed by atoms with van der Waals surface area (Å²) in [5, 5.41) is 1.90. The Morgan fingerprint density at radius 1 is 1.16 bits per heavy atom. The maximum absolute atomic E-state index is 11.5. The molecule has 0 aromatic heterocycles. The SMILES string of the molecule is Cc1ccc(CCOc2ccc(C=C3SC(=O)NC3=O)cc2)c(S)c1. The lowest BCUT2D eigenvalue weighted by Gasteiger charge is -2.09. The summed E-state index contributed by atoms with van der Waals surface area (Å²) >= 11 is 5.40. The molecule has 25 heavy (non-hydrogen) atoms. The average molecular weight is 371 g/mol. The van der Waals surface area contributed by atoms with Crippen LogP contribution in [-0.2, 0) is 11.2 Å². The summed E-state index contributed by atoms with van der Waals surface area (Å²) < 4.78 is 5.77. The third kappa shape index (κ3) is 4.67. The Balaban J connectivity index is 1.57. The van der Waals surface area contributed by atoms with Crippen LogP contribution in [0.5, 0.6) is 5.75 Å². The van der Waals surface area contributed by atoms with Crippen molar-refractivity contribution in [1.82, 2.24) is 5.32 Å². The smallest absolute Gasteiger partial charge is 0.290 e. The van der Waals surface area contributed by atoms with Crippen LogP contribution in [0.3, 0.4) is 0 Å². The van der Waals surface area contributed by atoms with Gasteiger partial charge in [-0.1, -0.05) is 29.8 Å². The zero-order chi connectivity index (χ0) is 17.8. The number of hydrogen-bond donors (Lipinski definition) is 2. The maximum atomic E-state index is 11.5. The van der Waals surface area contributed by atoms with Gasteiger partial charge in [-0.05, 0) is 54.1 Å². The van der Waals surface area contributed by atoms with Crippen LogP contribution in [0, 0.1) is 6.92 Å². The van der Waals surface area contributed by atoms with Crippen LogP contribution < -0.4 is 10.1 Å². The highest BCUT2D eigenvalue weighted by molar-refractivity contribution is 8.18. The van der Waals surface area contributed by atoms with Crippen LogP contribution >= 0.6 is 24.4 Å². The minimum atomic E-state index is -0.351. The highest BCUT2D eigenvalue weighted by atomic mass is 32.2. The van der Waals surface area contributed by atoms with E-state index in [1.165, 1.54) is 5.56 Å². The summed E-state index contributed by atoms with van der Waals surface area (Å²) in [4.78, 5) is 24.1. The molecule has 0 bridgehead atoms. The molecule has 128 valence electrons. The van der Waals surface area contributed by atoms with Crippen molar-refractivity contribution < 1.29 is 14.3 Å². The van der Waals surface area contributed by atoms with Crippen LogP contribution in [-0.4, -0.2) is 17.8 Å². The predicted molar refractivity (Wildman–Crippen MR) is 103 cm³/mol. The number of thioether (sulfide) groups is 1. The van der Waals surface area contributed by atoms with Gasteiger partial charge in [0.15, 0.2) is 0 Å². The highest BCUT2D eigenvalue weighted by Gasteiger charge is 2.24. The second-order valence-corrected chi connectivity index (χ2v) is 7.15. The molecule has 2 aromatic carbocycles. The van der Waals surface area contributed by atoms with Gasteiger partial charge >= 0.3 is 0 Å². The number of imide groups is 1. The zero-order valence-electron chi connectivity index (χ0n) is 13.6. The molecule has 2 aromatic rings. The van der Waals surface area contributed by atoms with Gasteiger partial charge in [0.2, 0.25) is 0 Å². The fourth-order valence-electron chi connectivity index (χ4n) is 2.40. The minimum Gasteiger partial charge on any atom is -0.493 e. The fraction of sp³-hybridized carbons (Fsp3) is 0.158. The molecule has 4 nitrogen and oxygen atoms in total. The Labute approximate surface area is 156 Å². The van der Waals surface area contributed by atoms with E-state index < -0.39 is 0 Å². The van der Waals surface area contributed by atoms with E-state index in [4.69, 9.17) is 4.74 Å². The van der Waals surface area contributed by atoms with E-state index in [1.807, 2.05) is 37.3 Å². The van der Waals surface area contributed by atoms with Crippen LogP contribution in [0.25, 0.3) is 6.08 Å². The molecular weight excluding hydrogens is 354 g/mol. The molecule has 1 aliphatic rings. The predicted octanol–water partition coefficient (Wildman–Crippen LogP) is 4.23. The third-order valence-corrected chi connectivity index (χ3v) is 4.93. The number of hydrogen-bond acceptors (Lipinski definition) is 5. The molecule has 0 aliphatic carbocycles. The normalized spacial score (nSPS) is 15.5. The highest BCUT2D eigenvalue weighted by Crippen LogP contribution is 2.26. The van der Waals surface area contributed by atoms with Gasteiger partial charge in [-0.15, -0.1) is 12.6 Å². The van der Waals surface area contributed by atoms with Crippen molar-refractivity contribution in [2.24, 2.45) is 0 Å². The van der Waals surface area contributed by atoms with E-state index in [-0.39, 0.29) is 11.1 Å². The molecule has 1 N–H and O–H groups in total. The number of amides is 2. The lowest BCUT2D eigenvalue weighted by Crippen LogP contribution is -2.17. The van der Waals surface area contributed by atoms with E-state index in [0.717, 1.165) is 40.0 Å². The number of carbonyl (C=O) groups is 2. The van der Waals surface area contributed by atoms with Gasteiger partial charge in [0.25, 0.3) is 11.1 Å². The standard InChI is InChI=1S/C19H17NO3S2/c1-12-2-5-14(16(24)10-12)8-9-23-15-6-3-13(4-7-15)11-17-18(21)20-19(22)25-17/h2-7,10-11,24H,8-9H2,1H3,(H,20,21,22). The van der Waals surface area contributed by atoms with Crippen molar-refractivity contribution in [2.45, 2.75) is 18.2 Å². The number of rotatable bonds is 5. The van der Waals surface area contributed by atoms with Crippen molar-refractivity contribution in [3.63, 3.8) is 0 Å². The van der Waals surface area contributed by atoms with E-state index >= 15 is 0 Å². The molecule has 6 heteroatoms. The first-order chi connectivity index (χ1) is 12.0. The van der Waals surface area contributed by atoms with E-state index in [2.05, 4.69) is 30.1 Å². The van der Waals surface area contributed by atoms with Crippen LogP contribution in [0.1, 0.15) is 16.7 Å². The summed E-state index contributed by atoms with van der Waals surface area (Å²) in [5.74, 6) is 0.408. The minimum absolute atomic E-state index is 0.337.